The molecule has 1 aromatic carbocycles. The van der Waals surface area contributed by atoms with Gasteiger partial charge < -0.3 is 10.6 Å². The zero-order chi connectivity index (χ0) is 14.5. The fourth-order valence-corrected chi connectivity index (χ4v) is 2.37. The Labute approximate surface area is 129 Å². The molecule has 1 atom stereocenters. The molecular formula is C15H17Cl2N3. The number of halogens is 2. The van der Waals surface area contributed by atoms with Gasteiger partial charge in [0.05, 0.1) is 10.0 Å². The Balaban J connectivity index is 2.22. The molecule has 3 nitrogen and oxygen atoms in total. The number of anilines is 2. The van der Waals surface area contributed by atoms with Crippen LogP contribution in [0.5, 0.6) is 0 Å². The molecule has 0 aliphatic rings. The largest absolute Gasteiger partial charge is 0.369 e. The lowest BCUT2D eigenvalue weighted by atomic mass is 10.1. The Hall–Kier alpha value is -1.45. The molecule has 0 fully saturated rings. The minimum atomic E-state index is 0.108. The number of hydrogen-bond donors (Lipinski definition) is 2. The fraction of sp³-hybridized carbons (Fsp3) is 0.267. The van der Waals surface area contributed by atoms with Gasteiger partial charge in [-0.05, 0) is 25.5 Å². The van der Waals surface area contributed by atoms with Gasteiger partial charge in [0.15, 0.2) is 0 Å². The minimum Gasteiger partial charge on any atom is -0.369 e. The summed E-state index contributed by atoms with van der Waals surface area (Å²) in [5, 5.41) is 7.46. The fourth-order valence-electron chi connectivity index (χ4n) is 1.89. The zero-order valence-corrected chi connectivity index (χ0v) is 13.0. The summed E-state index contributed by atoms with van der Waals surface area (Å²) in [4.78, 5) is 4.44. The Kier molecular flexibility index (Phi) is 5.10. The van der Waals surface area contributed by atoms with E-state index >= 15 is 0 Å². The second-order valence-corrected chi connectivity index (χ2v) is 5.27. The van der Waals surface area contributed by atoms with E-state index in [0.29, 0.717) is 21.7 Å². The predicted molar refractivity (Wildman–Crippen MR) is 86.9 cm³/mol. The normalized spacial score (nSPS) is 12.0. The van der Waals surface area contributed by atoms with E-state index in [1.165, 1.54) is 5.56 Å². The van der Waals surface area contributed by atoms with Crippen LogP contribution < -0.4 is 10.6 Å². The third kappa shape index (κ3) is 3.56. The van der Waals surface area contributed by atoms with E-state index in [4.69, 9.17) is 23.2 Å². The molecule has 2 N–H and O–H groups in total. The number of benzene rings is 1. The van der Waals surface area contributed by atoms with Crippen LogP contribution in [-0.4, -0.2) is 11.5 Å². The molecule has 2 rings (SSSR count). The molecule has 1 heterocycles. The van der Waals surface area contributed by atoms with Gasteiger partial charge in [-0.3, -0.25) is 0 Å². The number of aromatic nitrogens is 1. The van der Waals surface area contributed by atoms with Crippen molar-refractivity contribution in [2.24, 2.45) is 0 Å². The van der Waals surface area contributed by atoms with Crippen LogP contribution in [0.4, 0.5) is 11.6 Å². The van der Waals surface area contributed by atoms with Crippen LogP contribution in [0.25, 0.3) is 0 Å². The molecule has 5 heteroatoms. The van der Waals surface area contributed by atoms with Crippen molar-refractivity contribution in [2.45, 2.75) is 19.9 Å². The van der Waals surface area contributed by atoms with E-state index in [0.717, 1.165) is 6.54 Å². The number of hydrogen-bond acceptors (Lipinski definition) is 3. The molecular weight excluding hydrogens is 293 g/mol. The number of rotatable bonds is 5. The van der Waals surface area contributed by atoms with Crippen molar-refractivity contribution in [2.75, 3.05) is 17.2 Å². The molecule has 0 saturated carbocycles. The van der Waals surface area contributed by atoms with Gasteiger partial charge >= 0.3 is 0 Å². The van der Waals surface area contributed by atoms with E-state index < -0.39 is 0 Å². The molecule has 0 aliphatic heterocycles. The maximum absolute atomic E-state index is 6.20. The first-order chi connectivity index (χ1) is 9.61. The van der Waals surface area contributed by atoms with Crippen LogP contribution in [0, 0.1) is 0 Å². The summed E-state index contributed by atoms with van der Waals surface area (Å²) in [6.07, 6.45) is 0. The van der Waals surface area contributed by atoms with Crippen LogP contribution >= 0.6 is 23.2 Å². The van der Waals surface area contributed by atoms with Crippen LogP contribution in [-0.2, 0) is 0 Å². The number of pyridine rings is 1. The lowest BCUT2D eigenvalue weighted by molar-refractivity contribution is 0.875. The highest BCUT2D eigenvalue weighted by Gasteiger charge is 2.12. The zero-order valence-electron chi connectivity index (χ0n) is 11.5. The Morgan fingerprint density at radius 3 is 2.40 bits per heavy atom. The van der Waals surface area contributed by atoms with E-state index in [-0.39, 0.29) is 6.04 Å². The summed E-state index contributed by atoms with van der Waals surface area (Å²) in [6.45, 7) is 4.81. The van der Waals surface area contributed by atoms with Crippen molar-refractivity contribution in [1.29, 1.82) is 0 Å². The van der Waals surface area contributed by atoms with Gasteiger partial charge in [-0.2, -0.15) is 0 Å². The summed E-state index contributed by atoms with van der Waals surface area (Å²) < 4.78 is 0. The Morgan fingerprint density at radius 2 is 1.75 bits per heavy atom. The van der Waals surface area contributed by atoms with Gasteiger partial charge in [-0.25, -0.2) is 4.98 Å². The van der Waals surface area contributed by atoms with Crippen molar-refractivity contribution >= 4 is 34.8 Å². The van der Waals surface area contributed by atoms with Crippen molar-refractivity contribution in [3.63, 3.8) is 0 Å². The molecule has 0 amide bonds. The topological polar surface area (TPSA) is 37.0 Å². The minimum absolute atomic E-state index is 0.108. The predicted octanol–water partition coefficient (Wildman–Crippen LogP) is 4.99. The van der Waals surface area contributed by atoms with Crippen LogP contribution in [0.15, 0.2) is 36.4 Å². The summed E-state index contributed by atoms with van der Waals surface area (Å²) in [6, 6.07) is 11.9. The monoisotopic (exact) mass is 309 g/mol. The molecule has 2 aromatic rings. The van der Waals surface area contributed by atoms with E-state index in [9.17, 15) is 0 Å². The SMILES string of the molecule is CCNc1nc(NC(C)c2ccccc2)c(Cl)cc1Cl. The highest BCUT2D eigenvalue weighted by molar-refractivity contribution is 6.37. The summed E-state index contributed by atoms with van der Waals surface area (Å²) in [5.41, 5.74) is 1.17. The maximum Gasteiger partial charge on any atom is 0.147 e. The first-order valence-corrected chi connectivity index (χ1v) is 7.28. The smallest absolute Gasteiger partial charge is 0.147 e. The average molecular weight is 310 g/mol. The van der Waals surface area contributed by atoms with Crippen molar-refractivity contribution < 1.29 is 0 Å². The van der Waals surface area contributed by atoms with E-state index in [1.807, 2.05) is 25.1 Å². The summed E-state index contributed by atoms with van der Waals surface area (Å²) in [5.74, 6) is 1.27. The molecule has 0 bridgehead atoms. The quantitative estimate of drug-likeness (QED) is 0.816. The van der Waals surface area contributed by atoms with Crippen molar-refractivity contribution in [3.8, 4) is 0 Å². The molecule has 106 valence electrons. The third-order valence-corrected chi connectivity index (χ3v) is 3.50. The number of nitrogens with zero attached hydrogens (tertiary/aromatic N) is 1. The van der Waals surface area contributed by atoms with Gasteiger partial charge in [0.2, 0.25) is 0 Å². The highest BCUT2D eigenvalue weighted by Crippen LogP contribution is 2.31. The Bertz CT molecular complexity index is 573. The molecule has 0 aliphatic carbocycles. The highest BCUT2D eigenvalue weighted by atomic mass is 35.5. The molecule has 0 radical (unpaired) electrons. The van der Waals surface area contributed by atoms with Gasteiger partial charge in [0.1, 0.15) is 11.6 Å². The summed E-state index contributed by atoms with van der Waals surface area (Å²) in [7, 11) is 0. The summed E-state index contributed by atoms with van der Waals surface area (Å²) >= 11 is 12.3. The molecule has 20 heavy (non-hydrogen) atoms. The number of nitrogens with one attached hydrogen (secondary N) is 2. The van der Waals surface area contributed by atoms with Crippen LogP contribution in [0.3, 0.4) is 0 Å². The first kappa shape index (κ1) is 14.9. The van der Waals surface area contributed by atoms with Crippen LogP contribution in [0.2, 0.25) is 10.0 Å². The molecule has 1 aromatic heterocycles. The second kappa shape index (κ2) is 6.82. The average Bonchev–Trinajstić information content (AvgIpc) is 2.45. The van der Waals surface area contributed by atoms with Crippen molar-refractivity contribution in [1.82, 2.24) is 4.98 Å². The molecule has 0 spiro atoms. The van der Waals surface area contributed by atoms with Gasteiger partial charge in [0.25, 0.3) is 0 Å². The standard InChI is InChI=1S/C15H17Cl2N3/c1-3-18-14-12(16)9-13(17)15(20-14)19-10(2)11-7-5-4-6-8-11/h4-10H,3H2,1-2H3,(H2,18,19,20). The molecule has 0 saturated heterocycles. The lowest BCUT2D eigenvalue weighted by Gasteiger charge is -2.17. The van der Waals surface area contributed by atoms with E-state index in [1.54, 1.807) is 6.07 Å². The van der Waals surface area contributed by atoms with Crippen molar-refractivity contribution in [3.05, 3.63) is 52.0 Å². The Morgan fingerprint density at radius 1 is 1.10 bits per heavy atom. The second-order valence-electron chi connectivity index (χ2n) is 4.46. The maximum atomic E-state index is 6.20. The van der Waals surface area contributed by atoms with Gasteiger partial charge in [-0.15, -0.1) is 0 Å². The first-order valence-electron chi connectivity index (χ1n) is 6.53. The van der Waals surface area contributed by atoms with Gasteiger partial charge in [-0.1, -0.05) is 53.5 Å². The molecule has 1 unspecified atom stereocenters. The third-order valence-electron chi connectivity index (χ3n) is 2.93. The van der Waals surface area contributed by atoms with Gasteiger partial charge in [0, 0.05) is 12.6 Å². The lowest BCUT2D eigenvalue weighted by Crippen LogP contribution is -2.10. The van der Waals surface area contributed by atoms with Crippen LogP contribution in [0.1, 0.15) is 25.5 Å². The van der Waals surface area contributed by atoms with E-state index in [2.05, 4.69) is 34.7 Å².